The number of carboxylic acid groups (broad SMARTS) is 1. The molecule has 2 N–H and O–H groups in total. The number of carboxylic acids is 1. The third-order valence-corrected chi connectivity index (χ3v) is 5.22. The number of alkyl halides is 2. The molecule has 1 amide bonds. The topological polar surface area (TPSA) is 93.4 Å². The van der Waals surface area contributed by atoms with Gasteiger partial charge in [0.25, 0.3) is 12.3 Å². The normalized spacial score (nSPS) is 12.1. The molecule has 0 saturated carbocycles. The van der Waals surface area contributed by atoms with Gasteiger partial charge in [0.05, 0.1) is 11.6 Å². The molecule has 0 bridgehead atoms. The van der Waals surface area contributed by atoms with Crippen molar-refractivity contribution in [1.82, 2.24) is 15.1 Å². The van der Waals surface area contributed by atoms with Crippen molar-refractivity contribution in [2.24, 2.45) is 7.05 Å². The predicted molar refractivity (Wildman–Crippen MR) is 107 cm³/mol. The molecular weight excluding hydrogens is 416 g/mol. The lowest BCUT2D eigenvalue weighted by Crippen LogP contribution is -2.27. The summed E-state index contributed by atoms with van der Waals surface area (Å²) in [6, 6.07) is 7.08. The van der Waals surface area contributed by atoms with E-state index in [4.69, 9.17) is 9.84 Å². The summed E-state index contributed by atoms with van der Waals surface area (Å²) in [4.78, 5) is 24.8. The van der Waals surface area contributed by atoms with E-state index in [1.807, 2.05) is 6.92 Å². The molecule has 3 rings (SSSR count). The molecule has 2 heterocycles. The van der Waals surface area contributed by atoms with E-state index >= 15 is 0 Å². The van der Waals surface area contributed by atoms with Crippen LogP contribution < -0.4 is 10.1 Å². The van der Waals surface area contributed by atoms with Gasteiger partial charge in [-0.25, -0.2) is 18.3 Å². The summed E-state index contributed by atoms with van der Waals surface area (Å²) in [6.07, 6.45) is -2.97. The molecule has 0 spiro atoms. The van der Waals surface area contributed by atoms with Crippen LogP contribution in [0.25, 0.3) is 0 Å². The smallest absolute Gasteiger partial charge is 0.335 e. The Bertz CT molecular complexity index is 1080. The number of hydrogen-bond donors (Lipinski definition) is 2. The van der Waals surface area contributed by atoms with Gasteiger partial charge in [-0.3, -0.25) is 4.79 Å². The fraction of sp³-hybridized carbons (Fsp3) is 0.250. The highest BCUT2D eigenvalue weighted by Gasteiger charge is 2.30. The molecule has 1 unspecified atom stereocenters. The van der Waals surface area contributed by atoms with E-state index in [2.05, 4.69) is 10.4 Å². The second-order valence-corrected chi connectivity index (χ2v) is 7.72. The first-order chi connectivity index (χ1) is 14.2. The maximum Gasteiger partial charge on any atom is 0.335 e. The monoisotopic (exact) mass is 435 g/mol. The molecular formula is C20H19F2N3O4S. The molecule has 10 heteroatoms. The summed E-state index contributed by atoms with van der Waals surface area (Å²) < 4.78 is 33.9. The van der Waals surface area contributed by atoms with Crippen LogP contribution in [0.2, 0.25) is 0 Å². The van der Waals surface area contributed by atoms with Crippen molar-refractivity contribution < 1.29 is 28.2 Å². The number of benzene rings is 1. The molecule has 158 valence electrons. The van der Waals surface area contributed by atoms with Crippen molar-refractivity contribution in [1.29, 1.82) is 0 Å². The van der Waals surface area contributed by atoms with E-state index in [1.54, 1.807) is 30.5 Å². The molecule has 7 nitrogen and oxygen atoms in total. The first kappa shape index (κ1) is 21.4. The average molecular weight is 435 g/mol. The second kappa shape index (κ2) is 8.62. The van der Waals surface area contributed by atoms with Crippen LogP contribution in [0, 0.1) is 6.92 Å². The number of aromatic carboxylic acids is 1. The van der Waals surface area contributed by atoms with Crippen molar-refractivity contribution in [2.45, 2.75) is 26.3 Å². The van der Waals surface area contributed by atoms with E-state index in [-0.39, 0.29) is 17.0 Å². The number of carbonyl (C=O) groups excluding carboxylic acids is 1. The molecule has 2 aromatic heterocycles. The van der Waals surface area contributed by atoms with Crippen LogP contribution >= 0.6 is 11.3 Å². The molecule has 1 aromatic carbocycles. The Balaban J connectivity index is 1.88. The molecule has 0 aliphatic heterocycles. The van der Waals surface area contributed by atoms with Crippen LogP contribution in [0.1, 0.15) is 56.2 Å². The van der Waals surface area contributed by atoms with E-state index in [0.29, 0.717) is 11.3 Å². The number of nitrogens with one attached hydrogen (secondary N) is 1. The number of nitrogens with zero attached hydrogens (tertiary/aromatic N) is 2. The largest absolute Gasteiger partial charge is 0.478 e. The minimum absolute atomic E-state index is 0.0889. The van der Waals surface area contributed by atoms with Crippen molar-refractivity contribution in [3.05, 3.63) is 63.0 Å². The Kier molecular flexibility index (Phi) is 6.16. The van der Waals surface area contributed by atoms with Gasteiger partial charge >= 0.3 is 5.97 Å². The fourth-order valence-corrected chi connectivity index (χ4v) is 3.47. The molecule has 0 fully saturated rings. The lowest BCUT2D eigenvalue weighted by molar-refractivity contribution is 0.0696. The van der Waals surface area contributed by atoms with Crippen LogP contribution in [0.4, 0.5) is 8.78 Å². The lowest BCUT2D eigenvalue weighted by atomic mass is 10.1. The minimum Gasteiger partial charge on any atom is -0.478 e. The van der Waals surface area contributed by atoms with Gasteiger partial charge in [-0.15, -0.1) is 11.3 Å². The van der Waals surface area contributed by atoms with Gasteiger partial charge in [0.15, 0.2) is 0 Å². The molecule has 1 atom stereocenters. The summed E-state index contributed by atoms with van der Waals surface area (Å²) in [7, 11) is 1.42. The molecule has 3 aromatic rings. The molecule has 0 saturated heterocycles. The number of thiophene rings is 1. The zero-order chi connectivity index (χ0) is 22.0. The lowest BCUT2D eigenvalue weighted by Gasteiger charge is -2.15. The molecule has 0 aliphatic rings. The zero-order valence-corrected chi connectivity index (χ0v) is 17.2. The quantitative estimate of drug-likeness (QED) is 0.561. The third kappa shape index (κ3) is 4.48. The van der Waals surface area contributed by atoms with Crippen molar-refractivity contribution in [3.63, 3.8) is 0 Å². The number of aryl methyl sites for hydroxylation is 2. The van der Waals surface area contributed by atoms with Gasteiger partial charge < -0.3 is 15.2 Å². The van der Waals surface area contributed by atoms with E-state index in [1.165, 1.54) is 30.5 Å². The highest BCUT2D eigenvalue weighted by atomic mass is 32.1. The number of halogens is 2. The summed E-state index contributed by atoms with van der Waals surface area (Å²) in [5.74, 6) is -1.50. The average Bonchev–Trinajstić information content (AvgIpc) is 3.25. The summed E-state index contributed by atoms with van der Waals surface area (Å²) in [5.41, 5.74) is -0.297. The third-order valence-electron chi connectivity index (χ3n) is 4.38. The number of ether oxygens (including phenoxy) is 1. The van der Waals surface area contributed by atoms with Crippen LogP contribution in [-0.4, -0.2) is 26.8 Å². The van der Waals surface area contributed by atoms with Gasteiger partial charge in [-0.1, -0.05) is 12.1 Å². The molecule has 0 aliphatic carbocycles. The number of hydrogen-bond acceptors (Lipinski definition) is 5. The Labute approximate surface area is 174 Å². The Morgan fingerprint density at radius 2 is 1.93 bits per heavy atom. The maximum atomic E-state index is 13.5. The van der Waals surface area contributed by atoms with Crippen molar-refractivity contribution in [2.75, 3.05) is 0 Å². The predicted octanol–water partition coefficient (Wildman–Crippen LogP) is 4.71. The van der Waals surface area contributed by atoms with Crippen molar-refractivity contribution in [3.8, 4) is 11.6 Å². The zero-order valence-electron chi connectivity index (χ0n) is 16.3. The number of amides is 1. The van der Waals surface area contributed by atoms with Gasteiger partial charge in [-0.2, -0.15) is 5.10 Å². The second-order valence-electron chi connectivity index (χ2n) is 6.61. The van der Waals surface area contributed by atoms with E-state index in [0.717, 1.165) is 9.56 Å². The Morgan fingerprint density at radius 3 is 2.47 bits per heavy atom. The van der Waals surface area contributed by atoms with E-state index in [9.17, 15) is 18.4 Å². The number of aromatic nitrogens is 2. The SMILES string of the molecule is Cc1cc(Oc2c(C(=O)NC(C)c3ccc(C(=O)O)cc3)c(C(F)F)nn2C)cs1. The molecule has 30 heavy (non-hydrogen) atoms. The fourth-order valence-electron chi connectivity index (χ4n) is 2.86. The van der Waals surface area contributed by atoms with Crippen LogP contribution in [0.15, 0.2) is 35.7 Å². The maximum absolute atomic E-state index is 13.5. The van der Waals surface area contributed by atoms with Crippen LogP contribution in [0.5, 0.6) is 11.6 Å². The van der Waals surface area contributed by atoms with Crippen molar-refractivity contribution >= 4 is 23.2 Å². The van der Waals surface area contributed by atoms with Gasteiger partial charge in [-0.05, 0) is 37.6 Å². The Hall–Kier alpha value is -3.27. The summed E-state index contributed by atoms with van der Waals surface area (Å²) in [6.45, 7) is 3.53. The highest BCUT2D eigenvalue weighted by Crippen LogP contribution is 2.34. The number of rotatable bonds is 7. The number of carbonyl (C=O) groups is 2. The van der Waals surface area contributed by atoms with Gasteiger partial charge in [0.2, 0.25) is 5.88 Å². The highest BCUT2D eigenvalue weighted by molar-refractivity contribution is 7.10. The summed E-state index contributed by atoms with van der Waals surface area (Å²) >= 11 is 1.42. The summed E-state index contributed by atoms with van der Waals surface area (Å²) in [5, 5.41) is 17.1. The Morgan fingerprint density at radius 1 is 1.27 bits per heavy atom. The standard InChI is InChI=1S/C20H19F2N3O4S/c1-10-8-14(9-30-10)29-19-15(16(17(21)22)24-25(19)3)18(26)23-11(2)12-4-6-13(7-5-12)20(27)28/h4-9,11,17H,1-3H3,(H,23,26)(H,27,28). The first-order valence-electron chi connectivity index (χ1n) is 8.89. The molecule has 0 radical (unpaired) electrons. The van der Waals surface area contributed by atoms with Crippen LogP contribution in [-0.2, 0) is 7.05 Å². The first-order valence-corrected chi connectivity index (χ1v) is 9.77. The van der Waals surface area contributed by atoms with Gasteiger partial charge in [0.1, 0.15) is 17.0 Å². The van der Waals surface area contributed by atoms with Gasteiger partial charge in [0, 0.05) is 17.3 Å². The van der Waals surface area contributed by atoms with E-state index < -0.39 is 30.0 Å². The van der Waals surface area contributed by atoms with Crippen LogP contribution in [0.3, 0.4) is 0 Å². The minimum atomic E-state index is -2.97.